The van der Waals surface area contributed by atoms with E-state index in [4.69, 9.17) is 29.6 Å². The van der Waals surface area contributed by atoms with Gasteiger partial charge in [0.1, 0.15) is 6.61 Å². The first-order valence-electron chi connectivity index (χ1n) is 7.96. The molecule has 3 radical (unpaired) electrons. The van der Waals surface area contributed by atoms with Gasteiger partial charge < -0.3 is 32.5 Å². The Morgan fingerprint density at radius 1 is 1.35 bits per heavy atom. The summed E-state index contributed by atoms with van der Waals surface area (Å²) in [5.41, 5.74) is -1.09. The van der Waals surface area contributed by atoms with E-state index in [9.17, 15) is 0 Å². The summed E-state index contributed by atoms with van der Waals surface area (Å²) in [4.78, 5) is 3.29. The second-order valence-electron chi connectivity index (χ2n) is 5.63. The summed E-state index contributed by atoms with van der Waals surface area (Å²) in [6.45, 7) is 23.1. The maximum Gasteiger partial charge on any atom is 0.259 e. The average Bonchev–Trinajstić information content (AvgIpc) is 2.43. The first kappa shape index (κ1) is 23.9. The summed E-state index contributed by atoms with van der Waals surface area (Å²) in [5.74, 6) is 0. The van der Waals surface area contributed by atoms with E-state index in [0.29, 0.717) is 6.61 Å². The molecule has 0 N–H and O–H groups in total. The Balaban J connectivity index is 0. The van der Waals surface area contributed by atoms with Gasteiger partial charge in [0.2, 0.25) is 6.54 Å². The first-order valence-corrected chi connectivity index (χ1v) is 8.38. The Kier molecular flexibility index (Phi) is 13.7. The zero-order valence-corrected chi connectivity index (χ0v) is 18.4. The molecule has 0 saturated carbocycles. The van der Waals surface area contributed by atoms with Gasteiger partial charge in [-0.25, -0.2) is 11.2 Å². The Bertz CT molecular complexity index is 367. The van der Waals surface area contributed by atoms with E-state index in [2.05, 4.69) is 51.1 Å². The first-order chi connectivity index (χ1) is 10.7. The minimum atomic E-state index is -1.38. The van der Waals surface area contributed by atoms with Crippen LogP contribution in [-0.2, 0) is 46.5 Å². The van der Waals surface area contributed by atoms with Crippen LogP contribution in [0.1, 0.15) is 36.0 Å². The molecule has 0 aliphatic carbocycles. The van der Waals surface area contributed by atoms with E-state index in [1.807, 2.05) is 0 Å². The summed E-state index contributed by atoms with van der Waals surface area (Å²) >= 11 is 0. The summed E-state index contributed by atoms with van der Waals surface area (Å²) in [5, 5.41) is 0. The Morgan fingerprint density at radius 3 is 2.30 bits per heavy atom. The SMILES string of the molecule is [2H]C[C@]([CH2-])(COP(OCC[N+]#[C-])N(C(C)C)C(C)C)O[C@@H]([B])[CH2-].[Y]. The molecular weight excluding hydrogens is 387 g/mol. The number of hydrogen-bond donors (Lipinski definition) is 0. The normalized spacial score (nSPS) is 17.3. The van der Waals surface area contributed by atoms with Crippen molar-refractivity contribution < 1.29 is 47.9 Å². The van der Waals surface area contributed by atoms with Crippen LogP contribution in [0, 0.1) is 20.4 Å². The van der Waals surface area contributed by atoms with Crippen LogP contribution in [0.3, 0.4) is 0 Å². The zero-order valence-electron chi connectivity index (χ0n) is 15.7. The number of rotatable bonds is 11. The molecule has 0 bridgehead atoms. The third-order valence-corrected chi connectivity index (χ3v) is 4.55. The van der Waals surface area contributed by atoms with Gasteiger partial charge in [-0.15, -0.1) is 6.00 Å². The van der Waals surface area contributed by atoms with Crippen molar-refractivity contribution >= 4 is 16.4 Å². The van der Waals surface area contributed by atoms with Crippen LogP contribution < -0.4 is 0 Å². The maximum absolute atomic E-state index is 7.60. The summed E-state index contributed by atoms with van der Waals surface area (Å²) in [6.07, 6.45) is 0. The Labute approximate surface area is 171 Å². The fourth-order valence-electron chi connectivity index (χ4n) is 1.84. The van der Waals surface area contributed by atoms with Crippen molar-refractivity contribution in [1.82, 2.24) is 4.67 Å². The van der Waals surface area contributed by atoms with Gasteiger partial charge in [0.05, 0.1) is 14.5 Å². The standard InChI is InChI=1S/C15H28BN2O3P.Y/c1-12(2)18(13(3)4)22(19-10-9-17-8)20-11-15(6,7)21-14(5)16;/h12-14H,5-6,9-11H2,1-4,7H3;/q-2;/t14-,15-,22?;/m1./s1/i7D;. The molecule has 0 aliphatic rings. The van der Waals surface area contributed by atoms with E-state index >= 15 is 0 Å². The molecule has 0 amide bonds. The average molecular weight is 416 g/mol. The molecular formula is C15H28BN2O3PY-2. The molecule has 0 aliphatic heterocycles. The van der Waals surface area contributed by atoms with Crippen LogP contribution in [0.2, 0.25) is 0 Å². The smallest absolute Gasteiger partial charge is 0.259 e. The fourth-order valence-corrected chi connectivity index (χ4v) is 3.52. The summed E-state index contributed by atoms with van der Waals surface area (Å²) in [7, 11) is 4.15. The van der Waals surface area contributed by atoms with E-state index in [-0.39, 0.29) is 64.8 Å². The molecule has 5 nitrogen and oxygen atoms in total. The number of ether oxygens (including phenoxy) is 1. The molecule has 3 atom stereocenters. The van der Waals surface area contributed by atoms with E-state index in [1.54, 1.807) is 0 Å². The van der Waals surface area contributed by atoms with Crippen LogP contribution in [0.5, 0.6) is 0 Å². The van der Waals surface area contributed by atoms with Gasteiger partial charge in [0.25, 0.3) is 8.53 Å². The van der Waals surface area contributed by atoms with Crippen molar-refractivity contribution in [2.24, 2.45) is 0 Å². The van der Waals surface area contributed by atoms with Crippen molar-refractivity contribution in [2.45, 2.75) is 58.3 Å². The van der Waals surface area contributed by atoms with E-state index in [0.717, 1.165) is 0 Å². The molecule has 129 valence electrons. The van der Waals surface area contributed by atoms with Crippen LogP contribution >= 0.6 is 8.53 Å². The van der Waals surface area contributed by atoms with Crippen molar-refractivity contribution in [1.29, 1.82) is 0 Å². The van der Waals surface area contributed by atoms with Gasteiger partial charge >= 0.3 is 0 Å². The topological polar surface area (TPSA) is 35.3 Å². The van der Waals surface area contributed by atoms with Crippen molar-refractivity contribution in [3.8, 4) is 0 Å². The molecule has 0 aromatic rings. The Morgan fingerprint density at radius 2 is 1.91 bits per heavy atom. The quantitative estimate of drug-likeness (QED) is 0.224. The van der Waals surface area contributed by atoms with Gasteiger partial charge in [-0.3, -0.25) is 0 Å². The third-order valence-electron chi connectivity index (χ3n) is 2.49. The van der Waals surface area contributed by atoms with Crippen molar-refractivity contribution in [3.63, 3.8) is 0 Å². The second kappa shape index (κ2) is 13.2. The van der Waals surface area contributed by atoms with Crippen LogP contribution in [0.4, 0.5) is 0 Å². The number of nitrogens with zero attached hydrogens (tertiary/aromatic N) is 2. The third kappa shape index (κ3) is 12.0. The largest absolute Gasteiger partial charge is 0.442 e. The van der Waals surface area contributed by atoms with E-state index in [1.165, 1.54) is 0 Å². The van der Waals surface area contributed by atoms with Crippen molar-refractivity contribution in [2.75, 3.05) is 19.8 Å². The molecule has 0 heterocycles. The zero-order chi connectivity index (χ0) is 18.0. The van der Waals surface area contributed by atoms with Gasteiger partial charge in [-0.1, -0.05) is 6.90 Å². The fraction of sp³-hybridized carbons (Fsp3) is 0.800. The second-order valence-corrected chi connectivity index (χ2v) is 7.09. The Hall–Kier alpha value is 0.929. The van der Waals surface area contributed by atoms with Gasteiger partial charge in [0, 0.05) is 46.2 Å². The number of hydrogen-bond acceptors (Lipinski definition) is 4. The molecule has 23 heavy (non-hydrogen) atoms. The monoisotopic (exact) mass is 416 g/mol. The molecule has 0 spiro atoms. The van der Waals surface area contributed by atoms with Crippen LogP contribution in [0.25, 0.3) is 4.85 Å². The molecule has 0 aromatic heterocycles. The minimum Gasteiger partial charge on any atom is -0.442 e. The maximum atomic E-state index is 7.60. The van der Waals surface area contributed by atoms with Gasteiger partial charge in [0.15, 0.2) is 0 Å². The van der Waals surface area contributed by atoms with E-state index < -0.39 is 20.1 Å². The van der Waals surface area contributed by atoms with Gasteiger partial charge in [-0.2, -0.15) is 0 Å². The molecule has 0 rings (SSSR count). The van der Waals surface area contributed by atoms with Crippen molar-refractivity contribution in [3.05, 3.63) is 25.3 Å². The predicted octanol–water partition coefficient (Wildman–Crippen LogP) is 3.22. The van der Waals surface area contributed by atoms with Crippen LogP contribution in [-0.4, -0.2) is 56.0 Å². The molecule has 0 saturated heterocycles. The summed E-state index contributed by atoms with van der Waals surface area (Å²) in [6, 6.07) is -0.359. The van der Waals surface area contributed by atoms with Gasteiger partial charge in [-0.05, 0) is 33.3 Å². The summed E-state index contributed by atoms with van der Waals surface area (Å²) < 4.78 is 26.8. The molecule has 0 fully saturated rings. The van der Waals surface area contributed by atoms with Crippen LogP contribution in [0.15, 0.2) is 0 Å². The minimum absolute atomic E-state index is 0. The molecule has 0 aromatic carbocycles. The predicted molar refractivity (Wildman–Crippen MR) is 92.2 cm³/mol. The molecule has 1 unspecified atom stereocenters. The molecule has 8 heteroatoms.